The number of carbonyl (C=O) groups is 1. The minimum atomic E-state index is -0.992. The third-order valence-corrected chi connectivity index (χ3v) is 8.82. The van der Waals surface area contributed by atoms with E-state index in [4.69, 9.17) is 14.0 Å². The van der Waals surface area contributed by atoms with E-state index >= 15 is 0 Å². The van der Waals surface area contributed by atoms with Gasteiger partial charge in [-0.15, -0.1) is 0 Å². The van der Waals surface area contributed by atoms with Gasteiger partial charge in [0.05, 0.1) is 6.61 Å². The van der Waals surface area contributed by atoms with Gasteiger partial charge in [-0.1, -0.05) is 17.3 Å². The van der Waals surface area contributed by atoms with Crippen molar-refractivity contribution in [2.75, 3.05) is 25.6 Å². The molecule has 0 N–H and O–H groups in total. The highest BCUT2D eigenvalue weighted by molar-refractivity contribution is 8.14. The largest absolute Gasteiger partial charge is 0.351 e. The van der Waals surface area contributed by atoms with Crippen LogP contribution in [0.5, 0.6) is 0 Å². The van der Waals surface area contributed by atoms with Gasteiger partial charge in [-0.05, 0) is 83.1 Å². The number of allylic oxidation sites excluding steroid dienone is 1. The predicted octanol–water partition coefficient (Wildman–Crippen LogP) is 6.46. The molecule has 0 saturated heterocycles. The van der Waals surface area contributed by atoms with Crippen molar-refractivity contribution in [2.24, 2.45) is 0 Å². The van der Waals surface area contributed by atoms with Gasteiger partial charge >= 0.3 is 0 Å². The van der Waals surface area contributed by atoms with Crippen molar-refractivity contribution < 1.29 is 18.8 Å². The van der Waals surface area contributed by atoms with Gasteiger partial charge in [0.2, 0.25) is 5.12 Å². The maximum atomic E-state index is 12.2. The maximum absolute atomic E-state index is 12.2. The zero-order valence-corrected chi connectivity index (χ0v) is 24.3. The summed E-state index contributed by atoms with van der Waals surface area (Å²) in [5.74, 6) is 0.593. The van der Waals surface area contributed by atoms with Gasteiger partial charge in [-0.25, -0.2) is 9.34 Å². The molecule has 1 unspecified atom stereocenters. The summed E-state index contributed by atoms with van der Waals surface area (Å²) < 4.78 is 23.2. The Bertz CT molecular complexity index is 530. The minimum absolute atomic E-state index is 0.107. The van der Waals surface area contributed by atoms with Crippen molar-refractivity contribution >= 4 is 25.3 Å². The summed E-state index contributed by atoms with van der Waals surface area (Å²) in [5.41, 5.74) is 1.87. The maximum Gasteiger partial charge on any atom is 0.215 e. The molecule has 0 aromatic rings. The lowest BCUT2D eigenvalue weighted by molar-refractivity contribution is -0.152. The zero-order valence-electron chi connectivity index (χ0n) is 22.6. The van der Waals surface area contributed by atoms with Crippen LogP contribution < -0.4 is 0 Å². The van der Waals surface area contributed by atoms with Crippen LogP contribution in [0.3, 0.4) is 0 Å². The van der Waals surface area contributed by atoms with E-state index in [9.17, 15) is 4.79 Å². The van der Waals surface area contributed by atoms with Crippen molar-refractivity contribution in [3.63, 3.8) is 0 Å². The highest BCUT2D eigenvalue weighted by Gasteiger charge is 2.35. The molecule has 32 heavy (non-hydrogen) atoms. The Morgan fingerprint density at radius 2 is 1.31 bits per heavy atom. The van der Waals surface area contributed by atoms with Crippen LogP contribution in [0.15, 0.2) is 11.1 Å². The first kappa shape index (κ1) is 32.0. The van der Waals surface area contributed by atoms with E-state index in [0.29, 0.717) is 49.7 Å². The van der Waals surface area contributed by atoms with E-state index in [0.717, 1.165) is 11.1 Å². The molecule has 0 bridgehead atoms. The number of hydrogen-bond acceptors (Lipinski definition) is 7. The fraction of sp³-hybridized carbons (Fsp3) is 0.875. The van der Waals surface area contributed by atoms with E-state index in [1.807, 2.05) is 27.7 Å². The van der Waals surface area contributed by atoms with Crippen molar-refractivity contribution in [3.8, 4) is 0 Å². The molecule has 8 heteroatoms. The molecule has 0 radical (unpaired) electrons. The van der Waals surface area contributed by atoms with Gasteiger partial charge in [-0.3, -0.25) is 4.79 Å². The van der Waals surface area contributed by atoms with Gasteiger partial charge in [0.25, 0.3) is 0 Å². The summed E-state index contributed by atoms with van der Waals surface area (Å²) in [6.45, 7) is 26.8. The highest BCUT2D eigenvalue weighted by atomic mass is 32.2. The van der Waals surface area contributed by atoms with Gasteiger partial charge in [0.15, 0.2) is 14.7 Å². The second kappa shape index (κ2) is 16.6. The summed E-state index contributed by atoms with van der Waals surface area (Å²) in [6, 6.07) is 1.42. The molecule has 6 nitrogen and oxygen atoms in total. The first-order valence-corrected chi connectivity index (χ1v) is 14.0. The molecular formula is C24H49N2O4PS. The Hall–Kier alpha value is -0.0100. The van der Waals surface area contributed by atoms with E-state index < -0.39 is 14.7 Å². The summed E-state index contributed by atoms with van der Waals surface area (Å²) in [4.78, 5) is 12.2. The molecule has 0 heterocycles. The Balaban J connectivity index is 5.20. The smallest absolute Gasteiger partial charge is 0.215 e. The second-order valence-corrected chi connectivity index (χ2v) is 12.0. The molecule has 1 atom stereocenters. The van der Waals surface area contributed by atoms with Crippen LogP contribution in [0.4, 0.5) is 0 Å². The second-order valence-electron chi connectivity index (χ2n) is 9.20. The lowest BCUT2D eigenvalue weighted by atomic mass is 10.2. The normalized spacial score (nSPS) is 13.5. The monoisotopic (exact) mass is 492 g/mol. The Morgan fingerprint density at radius 1 is 0.844 bits per heavy atom. The first-order chi connectivity index (χ1) is 14.8. The zero-order chi connectivity index (χ0) is 25.0. The highest BCUT2D eigenvalue weighted by Crippen LogP contribution is 2.50. The molecule has 0 rings (SSSR count). The SMILES string of the molecule is CCOC(COP(N(C(C)C)C(C)C)N(C(C)C)C(C)C)OCCSC(=O)C(C)=C(C)C. The van der Waals surface area contributed by atoms with Gasteiger partial charge in [0, 0.05) is 42.1 Å². The summed E-state index contributed by atoms with van der Waals surface area (Å²) in [5, 5.41) is 0.107. The number of ether oxygens (including phenoxy) is 2. The molecule has 0 amide bonds. The molecule has 0 spiro atoms. The molecule has 0 aliphatic heterocycles. The lowest BCUT2D eigenvalue weighted by Crippen LogP contribution is -2.44. The third-order valence-electron chi connectivity index (χ3n) is 4.87. The van der Waals surface area contributed by atoms with Gasteiger partial charge in [-0.2, -0.15) is 0 Å². The third kappa shape index (κ3) is 11.4. The van der Waals surface area contributed by atoms with E-state index in [-0.39, 0.29) is 5.12 Å². The molecule has 0 aromatic heterocycles. The van der Waals surface area contributed by atoms with Crippen LogP contribution in [0.2, 0.25) is 0 Å². The predicted molar refractivity (Wildman–Crippen MR) is 140 cm³/mol. The molecule has 0 aliphatic carbocycles. The summed E-state index contributed by atoms with van der Waals surface area (Å²) in [7, 11) is -0.992. The topological polar surface area (TPSA) is 51.2 Å². The van der Waals surface area contributed by atoms with Crippen LogP contribution in [0.25, 0.3) is 0 Å². The van der Waals surface area contributed by atoms with E-state index in [1.165, 1.54) is 11.8 Å². The average Bonchev–Trinajstić information content (AvgIpc) is 2.66. The number of hydrogen-bond donors (Lipinski definition) is 0. The Kier molecular flexibility index (Phi) is 16.6. The van der Waals surface area contributed by atoms with Crippen LogP contribution >= 0.6 is 20.2 Å². The van der Waals surface area contributed by atoms with Gasteiger partial charge in [0.1, 0.15) is 6.61 Å². The standard InChI is InChI=1S/C24H49N2O4PS/c1-13-28-23(29-14-15-32-24(27)22(12)17(2)3)16-30-31(25(18(4)5)19(6)7)26(20(8)9)21(10)11/h18-21,23H,13-16H2,1-12H3. The summed E-state index contributed by atoms with van der Waals surface area (Å²) >= 11 is 1.29. The first-order valence-electron chi connectivity index (χ1n) is 11.9. The number of carbonyl (C=O) groups excluding carboxylic acids is 1. The van der Waals surface area contributed by atoms with Crippen LogP contribution in [0.1, 0.15) is 83.1 Å². The fourth-order valence-corrected chi connectivity index (χ4v) is 6.45. The van der Waals surface area contributed by atoms with Crippen LogP contribution in [0, 0.1) is 0 Å². The Labute approximate surface area is 203 Å². The molecular weight excluding hydrogens is 443 g/mol. The summed E-state index contributed by atoms with van der Waals surface area (Å²) in [6.07, 6.45) is -0.451. The number of thioether (sulfide) groups is 1. The fourth-order valence-electron chi connectivity index (χ4n) is 3.32. The average molecular weight is 493 g/mol. The lowest BCUT2D eigenvalue weighted by Gasteiger charge is -2.45. The number of rotatable bonds is 16. The van der Waals surface area contributed by atoms with Crippen molar-refractivity contribution in [1.82, 2.24) is 9.34 Å². The molecule has 0 aromatic carbocycles. The number of nitrogens with zero attached hydrogens (tertiary/aromatic N) is 2. The van der Waals surface area contributed by atoms with Crippen LogP contribution in [-0.2, 0) is 18.8 Å². The molecule has 0 fully saturated rings. The minimum Gasteiger partial charge on any atom is -0.351 e. The van der Waals surface area contributed by atoms with Crippen LogP contribution in [-0.4, -0.2) is 70.5 Å². The molecule has 0 aliphatic rings. The van der Waals surface area contributed by atoms with E-state index in [1.54, 1.807) is 0 Å². The van der Waals surface area contributed by atoms with E-state index in [2.05, 4.69) is 64.7 Å². The van der Waals surface area contributed by atoms with Crippen molar-refractivity contribution in [3.05, 3.63) is 11.1 Å². The molecule has 190 valence electrons. The molecule has 0 saturated carbocycles. The Morgan fingerprint density at radius 3 is 1.69 bits per heavy atom. The quantitative estimate of drug-likeness (QED) is 0.106. The van der Waals surface area contributed by atoms with Crippen molar-refractivity contribution in [1.29, 1.82) is 0 Å². The van der Waals surface area contributed by atoms with Gasteiger partial charge < -0.3 is 14.0 Å². The van der Waals surface area contributed by atoms with Crippen molar-refractivity contribution in [2.45, 2.75) is 114 Å².